The monoisotopic (exact) mass is 312 g/mol. The second-order valence-electron chi connectivity index (χ2n) is 3.73. The second-order valence-corrected chi connectivity index (χ2v) is 5.63. The van der Waals surface area contributed by atoms with Crippen molar-refractivity contribution in [3.8, 4) is 0 Å². The Hall–Kier alpha value is -0.710. The van der Waals surface area contributed by atoms with Gasteiger partial charge in [0.2, 0.25) is 0 Å². The van der Waals surface area contributed by atoms with Crippen LogP contribution in [0, 0.1) is 0 Å². The molecule has 0 fully saturated rings. The molecule has 0 bridgehead atoms. The summed E-state index contributed by atoms with van der Waals surface area (Å²) < 4.78 is 6.22. The molecule has 0 spiro atoms. The predicted octanol–water partition coefficient (Wildman–Crippen LogP) is 4.39. The maximum absolute atomic E-state index is 9.52. The van der Waals surface area contributed by atoms with Crippen molar-refractivity contribution >= 4 is 27.7 Å². The van der Waals surface area contributed by atoms with Crippen molar-refractivity contribution in [2.24, 2.45) is 0 Å². The summed E-state index contributed by atoms with van der Waals surface area (Å²) in [6.07, 6.45) is 1.23. The lowest BCUT2D eigenvalue weighted by molar-refractivity contribution is 0.198. The smallest absolute Gasteiger partial charge is 0.113 e. The van der Waals surface area contributed by atoms with Crippen LogP contribution in [0.4, 0.5) is 0 Å². The Morgan fingerprint density at radius 1 is 1.41 bits per heavy atom. The standard InChI is InChI=1S/C13H13BrO2S/c1-9(15)12-5-4-11(7-13(12)14)17-8-10-3-2-6-16-10/h2-7,9,15H,8H2,1H3/t9-/m1/s1. The number of hydrogen-bond acceptors (Lipinski definition) is 3. The van der Waals surface area contributed by atoms with Gasteiger partial charge < -0.3 is 9.52 Å². The van der Waals surface area contributed by atoms with Gasteiger partial charge in [-0.3, -0.25) is 0 Å². The van der Waals surface area contributed by atoms with Gasteiger partial charge in [-0.05, 0) is 36.8 Å². The minimum absolute atomic E-state index is 0.450. The van der Waals surface area contributed by atoms with E-state index >= 15 is 0 Å². The van der Waals surface area contributed by atoms with Gasteiger partial charge in [0.1, 0.15) is 5.76 Å². The largest absolute Gasteiger partial charge is 0.468 e. The van der Waals surface area contributed by atoms with E-state index in [1.54, 1.807) is 24.9 Å². The zero-order valence-electron chi connectivity index (χ0n) is 9.39. The highest BCUT2D eigenvalue weighted by Gasteiger charge is 2.07. The van der Waals surface area contributed by atoms with Gasteiger partial charge in [0, 0.05) is 9.37 Å². The van der Waals surface area contributed by atoms with Crippen molar-refractivity contribution in [3.05, 3.63) is 52.4 Å². The van der Waals surface area contributed by atoms with Crippen molar-refractivity contribution < 1.29 is 9.52 Å². The molecule has 17 heavy (non-hydrogen) atoms. The van der Waals surface area contributed by atoms with Gasteiger partial charge >= 0.3 is 0 Å². The number of benzene rings is 1. The molecule has 0 amide bonds. The molecule has 1 N–H and O–H groups in total. The Labute approximate surface area is 113 Å². The zero-order chi connectivity index (χ0) is 12.3. The van der Waals surface area contributed by atoms with Gasteiger partial charge in [-0.1, -0.05) is 22.0 Å². The SMILES string of the molecule is C[C@@H](O)c1ccc(SCc2ccco2)cc1Br. The summed E-state index contributed by atoms with van der Waals surface area (Å²) in [7, 11) is 0. The Balaban J connectivity index is 2.05. The quantitative estimate of drug-likeness (QED) is 0.850. The van der Waals surface area contributed by atoms with Gasteiger partial charge in [0.05, 0.1) is 18.1 Å². The molecule has 2 rings (SSSR count). The van der Waals surface area contributed by atoms with Crippen LogP contribution in [-0.2, 0) is 5.75 Å². The van der Waals surface area contributed by atoms with E-state index in [0.717, 1.165) is 26.4 Å². The molecule has 0 unspecified atom stereocenters. The fourth-order valence-electron chi connectivity index (χ4n) is 1.49. The third kappa shape index (κ3) is 3.37. The molecule has 90 valence electrons. The number of rotatable bonds is 4. The van der Waals surface area contributed by atoms with Gasteiger partial charge in [-0.15, -0.1) is 11.8 Å². The summed E-state index contributed by atoms with van der Waals surface area (Å²) in [6.45, 7) is 1.76. The molecule has 2 aromatic rings. The first-order chi connectivity index (χ1) is 8.16. The van der Waals surface area contributed by atoms with E-state index in [9.17, 15) is 5.11 Å². The zero-order valence-corrected chi connectivity index (χ0v) is 11.8. The number of thioether (sulfide) groups is 1. The molecule has 0 aliphatic carbocycles. The number of hydrogen-bond donors (Lipinski definition) is 1. The lowest BCUT2D eigenvalue weighted by atomic mass is 10.1. The minimum atomic E-state index is -0.450. The molecule has 0 saturated heterocycles. The maximum atomic E-state index is 9.52. The molecule has 4 heteroatoms. The maximum Gasteiger partial charge on any atom is 0.113 e. The molecular formula is C13H13BrO2S. The minimum Gasteiger partial charge on any atom is -0.468 e. The molecule has 0 aliphatic rings. The highest BCUT2D eigenvalue weighted by molar-refractivity contribution is 9.10. The summed E-state index contributed by atoms with van der Waals surface area (Å²) in [5.41, 5.74) is 0.910. The second kappa shape index (κ2) is 5.76. The Bertz CT molecular complexity index is 480. The van der Waals surface area contributed by atoms with Crippen molar-refractivity contribution in [1.29, 1.82) is 0 Å². The van der Waals surface area contributed by atoms with Crippen molar-refractivity contribution in [2.75, 3.05) is 0 Å². The average Bonchev–Trinajstić information content (AvgIpc) is 2.78. The van der Waals surface area contributed by atoms with Crippen molar-refractivity contribution in [2.45, 2.75) is 23.7 Å². The molecular weight excluding hydrogens is 300 g/mol. The molecule has 2 nitrogen and oxygen atoms in total. The lowest BCUT2D eigenvalue weighted by Crippen LogP contribution is -1.92. The summed E-state index contributed by atoms with van der Waals surface area (Å²) >= 11 is 5.18. The number of furan rings is 1. The first kappa shape index (κ1) is 12.7. The van der Waals surface area contributed by atoms with Crippen molar-refractivity contribution in [3.63, 3.8) is 0 Å². The van der Waals surface area contributed by atoms with Crippen LogP contribution >= 0.6 is 27.7 Å². The van der Waals surface area contributed by atoms with E-state index in [1.165, 1.54) is 0 Å². The Kier molecular flexibility index (Phi) is 4.31. The summed E-state index contributed by atoms with van der Waals surface area (Å²) in [6, 6.07) is 9.84. The van der Waals surface area contributed by atoms with Crippen LogP contribution in [0.25, 0.3) is 0 Å². The average molecular weight is 313 g/mol. The van der Waals surface area contributed by atoms with Gasteiger partial charge in [-0.2, -0.15) is 0 Å². The molecule has 1 aromatic carbocycles. The molecule has 0 aliphatic heterocycles. The highest BCUT2D eigenvalue weighted by atomic mass is 79.9. The summed E-state index contributed by atoms with van der Waals surface area (Å²) in [5, 5.41) is 9.52. The molecule has 1 aromatic heterocycles. The Morgan fingerprint density at radius 3 is 2.82 bits per heavy atom. The normalized spacial score (nSPS) is 12.6. The van der Waals surface area contributed by atoms with Gasteiger partial charge in [0.15, 0.2) is 0 Å². The van der Waals surface area contributed by atoms with Crippen LogP contribution in [-0.4, -0.2) is 5.11 Å². The van der Waals surface area contributed by atoms with Crippen LogP contribution < -0.4 is 0 Å². The first-order valence-electron chi connectivity index (χ1n) is 5.29. The number of halogens is 1. The van der Waals surface area contributed by atoms with Gasteiger partial charge in [-0.25, -0.2) is 0 Å². The fourth-order valence-corrected chi connectivity index (χ4v) is 3.19. The molecule has 0 radical (unpaired) electrons. The lowest BCUT2D eigenvalue weighted by Gasteiger charge is -2.09. The summed E-state index contributed by atoms with van der Waals surface area (Å²) in [4.78, 5) is 1.15. The van der Waals surface area contributed by atoms with E-state index in [0.29, 0.717) is 0 Å². The topological polar surface area (TPSA) is 33.4 Å². The Morgan fingerprint density at radius 2 is 2.24 bits per heavy atom. The molecule has 1 atom stereocenters. The summed E-state index contributed by atoms with van der Waals surface area (Å²) in [5.74, 6) is 1.78. The van der Waals surface area contributed by atoms with E-state index in [2.05, 4.69) is 15.9 Å². The fraction of sp³-hybridized carbons (Fsp3) is 0.231. The van der Waals surface area contributed by atoms with Crippen LogP contribution in [0.15, 0.2) is 50.4 Å². The molecule has 0 saturated carbocycles. The third-order valence-electron chi connectivity index (χ3n) is 2.38. The van der Waals surface area contributed by atoms with E-state index in [1.807, 2.05) is 30.3 Å². The van der Waals surface area contributed by atoms with Crippen LogP contribution in [0.1, 0.15) is 24.4 Å². The van der Waals surface area contributed by atoms with Crippen molar-refractivity contribution in [1.82, 2.24) is 0 Å². The van der Waals surface area contributed by atoms with Crippen LogP contribution in [0.2, 0.25) is 0 Å². The number of aliphatic hydroxyl groups excluding tert-OH is 1. The molecule has 1 heterocycles. The predicted molar refractivity (Wildman–Crippen MR) is 73.0 cm³/mol. The number of aliphatic hydroxyl groups is 1. The van der Waals surface area contributed by atoms with E-state index in [4.69, 9.17) is 4.42 Å². The van der Waals surface area contributed by atoms with Crippen LogP contribution in [0.3, 0.4) is 0 Å². The first-order valence-corrected chi connectivity index (χ1v) is 7.07. The third-order valence-corrected chi connectivity index (χ3v) is 4.09. The highest BCUT2D eigenvalue weighted by Crippen LogP contribution is 2.30. The van der Waals surface area contributed by atoms with Gasteiger partial charge in [0.25, 0.3) is 0 Å². The van der Waals surface area contributed by atoms with Crippen LogP contribution in [0.5, 0.6) is 0 Å². The van der Waals surface area contributed by atoms with E-state index < -0.39 is 6.10 Å². The van der Waals surface area contributed by atoms with E-state index in [-0.39, 0.29) is 0 Å².